The molecule has 0 spiro atoms. The Labute approximate surface area is 131 Å². The van der Waals surface area contributed by atoms with E-state index < -0.39 is 0 Å². The van der Waals surface area contributed by atoms with Gasteiger partial charge in [-0.25, -0.2) is 9.97 Å². The summed E-state index contributed by atoms with van der Waals surface area (Å²) in [6, 6.07) is 8.32. The Morgan fingerprint density at radius 2 is 1.82 bits per heavy atom. The van der Waals surface area contributed by atoms with Gasteiger partial charge in [-0.3, -0.25) is 0 Å². The molecule has 2 heterocycles. The van der Waals surface area contributed by atoms with Gasteiger partial charge in [-0.2, -0.15) is 0 Å². The molecule has 0 aliphatic carbocycles. The van der Waals surface area contributed by atoms with E-state index in [1.165, 1.54) is 19.3 Å². The van der Waals surface area contributed by atoms with Crippen molar-refractivity contribution in [2.75, 3.05) is 19.8 Å². The lowest BCUT2D eigenvalue weighted by molar-refractivity contribution is 0.237. The molecule has 0 unspecified atom stereocenters. The molecule has 1 fully saturated rings. The monoisotopic (exact) mass is 301 g/mol. The molecule has 5 heteroatoms. The third-order valence-electron chi connectivity index (χ3n) is 3.91. The Morgan fingerprint density at radius 1 is 1.09 bits per heavy atom. The van der Waals surface area contributed by atoms with Crippen molar-refractivity contribution in [3.8, 4) is 11.8 Å². The maximum atomic E-state index is 5.86. The minimum Gasteiger partial charge on any atom is -0.474 e. The lowest BCUT2D eigenvalue weighted by Crippen LogP contribution is -2.35. The molecular formula is C17H23N3O2. The summed E-state index contributed by atoms with van der Waals surface area (Å²) < 4.78 is 11.4. The topological polar surface area (TPSA) is 56.3 Å². The lowest BCUT2D eigenvalue weighted by Gasteiger charge is -2.23. The quantitative estimate of drug-likeness (QED) is 0.889. The van der Waals surface area contributed by atoms with Crippen molar-refractivity contribution in [1.29, 1.82) is 0 Å². The Bertz CT molecular complexity index is 612. The molecule has 2 aromatic rings. The van der Waals surface area contributed by atoms with E-state index in [1.807, 2.05) is 31.2 Å². The number of nitrogens with one attached hydrogen (secondary N) is 1. The Morgan fingerprint density at radius 3 is 2.45 bits per heavy atom. The SMILES string of the molecule is CCOc1nc2ccccc2nc1OCC[C@@H]1CCCCN1. The summed E-state index contributed by atoms with van der Waals surface area (Å²) in [5.74, 6) is 0.981. The van der Waals surface area contributed by atoms with Crippen molar-refractivity contribution in [3.63, 3.8) is 0 Å². The van der Waals surface area contributed by atoms with Crippen LogP contribution >= 0.6 is 0 Å². The normalized spacial score (nSPS) is 18.3. The van der Waals surface area contributed by atoms with E-state index in [-0.39, 0.29) is 0 Å². The number of hydrogen-bond donors (Lipinski definition) is 1. The van der Waals surface area contributed by atoms with E-state index >= 15 is 0 Å². The van der Waals surface area contributed by atoms with E-state index in [0.29, 0.717) is 31.0 Å². The van der Waals surface area contributed by atoms with Gasteiger partial charge in [0.05, 0.1) is 24.2 Å². The molecule has 0 bridgehead atoms. The highest BCUT2D eigenvalue weighted by atomic mass is 16.5. The predicted molar refractivity (Wildman–Crippen MR) is 86.5 cm³/mol. The maximum Gasteiger partial charge on any atom is 0.278 e. The number of nitrogens with zero attached hydrogens (tertiary/aromatic N) is 2. The van der Waals surface area contributed by atoms with Crippen molar-refractivity contribution >= 4 is 11.0 Å². The Balaban J connectivity index is 1.69. The summed E-state index contributed by atoms with van der Waals surface area (Å²) >= 11 is 0. The smallest absolute Gasteiger partial charge is 0.278 e. The highest BCUT2D eigenvalue weighted by Crippen LogP contribution is 2.26. The van der Waals surface area contributed by atoms with Gasteiger partial charge in [-0.05, 0) is 44.9 Å². The van der Waals surface area contributed by atoms with Gasteiger partial charge in [0.25, 0.3) is 11.8 Å². The first-order chi connectivity index (χ1) is 10.9. The van der Waals surface area contributed by atoms with Crippen LogP contribution < -0.4 is 14.8 Å². The summed E-state index contributed by atoms with van der Waals surface area (Å²) in [5.41, 5.74) is 1.66. The Kier molecular flexibility index (Phi) is 5.06. The zero-order chi connectivity index (χ0) is 15.2. The van der Waals surface area contributed by atoms with Crippen LogP contribution in [0.15, 0.2) is 24.3 Å². The van der Waals surface area contributed by atoms with E-state index in [2.05, 4.69) is 15.3 Å². The second-order valence-corrected chi connectivity index (χ2v) is 5.54. The molecule has 1 atom stereocenters. The molecule has 3 rings (SSSR count). The zero-order valence-electron chi connectivity index (χ0n) is 13.0. The molecule has 0 saturated carbocycles. The highest BCUT2D eigenvalue weighted by molar-refractivity contribution is 5.75. The fraction of sp³-hybridized carbons (Fsp3) is 0.529. The first kappa shape index (κ1) is 15.0. The lowest BCUT2D eigenvalue weighted by atomic mass is 10.0. The van der Waals surface area contributed by atoms with E-state index in [9.17, 15) is 0 Å². The summed E-state index contributed by atoms with van der Waals surface area (Å²) in [7, 11) is 0. The Hall–Kier alpha value is -1.88. The number of ether oxygens (including phenoxy) is 2. The van der Waals surface area contributed by atoms with Gasteiger partial charge in [0.15, 0.2) is 0 Å². The molecule has 22 heavy (non-hydrogen) atoms. The van der Waals surface area contributed by atoms with Gasteiger partial charge in [0, 0.05) is 6.04 Å². The van der Waals surface area contributed by atoms with Crippen molar-refractivity contribution < 1.29 is 9.47 Å². The molecule has 1 aliphatic heterocycles. The van der Waals surface area contributed by atoms with Crippen molar-refractivity contribution in [2.45, 2.75) is 38.6 Å². The van der Waals surface area contributed by atoms with Gasteiger partial charge in [-0.1, -0.05) is 18.6 Å². The zero-order valence-corrected chi connectivity index (χ0v) is 13.0. The molecule has 5 nitrogen and oxygen atoms in total. The molecule has 0 amide bonds. The van der Waals surface area contributed by atoms with Crippen LogP contribution in [0.4, 0.5) is 0 Å². The van der Waals surface area contributed by atoms with Crippen LogP contribution in [0.1, 0.15) is 32.6 Å². The van der Waals surface area contributed by atoms with E-state index in [4.69, 9.17) is 9.47 Å². The summed E-state index contributed by atoms with van der Waals surface area (Å²) in [4.78, 5) is 9.05. The number of hydrogen-bond acceptors (Lipinski definition) is 5. The number of benzene rings is 1. The molecule has 1 aliphatic rings. The minimum absolute atomic E-state index is 0.484. The maximum absolute atomic E-state index is 5.86. The van der Waals surface area contributed by atoms with Crippen LogP contribution in [0, 0.1) is 0 Å². The van der Waals surface area contributed by atoms with Crippen LogP contribution in [0.2, 0.25) is 0 Å². The van der Waals surface area contributed by atoms with Crippen molar-refractivity contribution in [3.05, 3.63) is 24.3 Å². The van der Waals surface area contributed by atoms with Crippen LogP contribution in [-0.4, -0.2) is 35.8 Å². The third kappa shape index (κ3) is 3.65. The first-order valence-electron chi connectivity index (χ1n) is 8.12. The van der Waals surface area contributed by atoms with Gasteiger partial charge >= 0.3 is 0 Å². The number of para-hydroxylation sites is 2. The summed E-state index contributed by atoms with van der Waals surface area (Å²) in [5, 5.41) is 3.53. The largest absolute Gasteiger partial charge is 0.474 e. The number of rotatable bonds is 6. The fourth-order valence-electron chi connectivity index (χ4n) is 2.76. The van der Waals surface area contributed by atoms with Crippen molar-refractivity contribution in [1.82, 2.24) is 15.3 Å². The van der Waals surface area contributed by atoms with E-state index in [1.54, 1.807) is 0 Å². The molecule has 1 aromatic carbocycles. The van der Waals surface area contributed by atoms with Gasteiger partial charge in [0.1, 0.15) is 0 Å². The second-order valence-electron chi connectivity index (χ2n) is 5.54. The summed E-state index contributed by atoms with van der Waals surface area (Å²) in [6.07, 6.45) is 4.80. The number of piperidine rings is 1. The van der Waals surface area contributed by atoms with Crippen LogP contribution in [0.25, 0.3) is 11.0 Å². The molecule has 1 N–H and O–H groups in total. The average Bonchev–Trinajstić information content (AvgIpc) is 2.56. The molecule has 0 radical (unpaired) electrons. The predicted octanol–water partition coefficient (Wildman–Crippen LogP) is 2.94. The van der Waals surface area contributed by atoms with E-state index in [0.717, 1.165) is 24.0 Å². The number of aromatic nitrogens is 2. The van der Waals surface area contributed by atoms with Gasteiger partial charge in [0.2, 0.25) is 0 Å². The number of fused-ring (bicyclic) bond motifs is 1. The molecule has 1 saturated heterocycles. The second kappa shape index (κ2) is 7.40. The standard InChI is InChI=1S/C17H23N3O2/c1-2-21-16-17(20-15-9-4-3-8-14(15)19-16)22-12-10-13-7-5-6-11-18-13/h3-4,8-9,13,18H,2,5-7,10-12H2,1H3/t13-/m0/s1. The average molecular weight is 301 g/mol. The van der Waals surface area contributed by atoms with Crippen molar-refractivity contribution in [2.24, 2.45) is 0 Å². The third-order valence-corrected chi connectivity index (χ3v) is 3.91. The minimum atomic E-state index is 0.484. The summed E-state index contributed by atoms with van der Waals surface area (Å²) in [6.45, 7) is 4.23. The molecule has 118 valence electrons. The van der Waals surface area contributed by atoms with Gasteiger partial charge in [-0.15, -0.1) is 0 Å². The molecule has 1 aromatic heterocycles. The van der Waals surface area contributed by atoms with Crippen LogP contribution in [0.5, 0.6) is 11.8 Å². The van der Waals surface area contributed by atoms with Crippen LogP contribution in [0.3, 0.4) is 0 Å². The molecular weight excluding hydrogens is 278 g/mol. The fourth-order valence-corrected chi connectivity index (χ4v) is 2.76. The van der Waals surface area contributed by atoms with Crippen LogP contribution in [-0.2, 0) is 0 Å². The van der Waals surface area contributed by atoms with Gasteiger partial charge < -0.3 is 14.8 Å². The first-order valence-corrected chi connectivity index (χ1v) is 8.12. The highest BCUT2D eigenvalue weighted by Gasteiger charge is 2.15.